The van der Waals surface area contributed by atoms with Crippen molar-refractivity contribution >= 4 is 21.7 Å². The van der Waals surface area contributed by atoms with E-state index >= 15 is 0 Å². The predicted molar refractivity (Wildman–Crippen MR) is 89.9 cm³/mol. The molecule has 9 heteroatoms. The zero-order valence-electron chi connectivity index (χ0n) is 14.9. The van der Waals surface area contributed by atoms with Crippen LogP contribution >= 0.6 is 0 Å². The average molecular weight is 372 g/mol. The number of aryl methyl sites for hydroxylation is 2. The van der Waals surface area contributed by atoms with Crippen LogP contribution in [0.1, 0.15) is 48.5 Å². The van der Waals surface area contributed by atoms with Gasteiger partial charge in [0.15, 0.2) is 16.4 Å². The molecule has 1 aliphatic rings. The number of hydrogen-bond acceptors (Lipinski definition) is 7. The van der Waals surface area contributed by atoms with Gasteiger partial charge in [0.05, 0.1) is 17.2 Å². The second kappa shape index (κ2) is 7.55. The molecule has 0 saturated carbocycles. The third-order valence-corrected chi connectivity index (χ3v) is 6.27. The Morgan fingerprint density at radius 3 is 2.56 bits per heavy atom. The van der Waals surface area contributed by atoms with Crippen molar-refractivity contribution in [2.24, 2.45) is 0 Å². The Bertz CT molecular complexity index is 735. The van der Waals surface area contributed by atoms with Crippen LogP contribution in [-0.2, 0) is 19.4 Å². The number of carbonyl (C=O) groups excluding carboxylic acids is 2. The lowest BCUT2D eigenvalue weighted by Crippen LogP contribution is -2.48. The predicted octanol–water partition coefficient (Wildman–Crippen LogP) is 1.26. The highest BCUT2D eigenvalue weighted by Crippen LogP contribution is 2.22. The Morgan fingerprint density at radius 1 is 1.40 bits per heavy atom. The number of esters is 1. The van der Waals surface area contributed by atoms with Gasteiger partial charge in [0.1, 0.15) is 11.3 Å². The van der Waals surface area contributed by atoms with Crippen molar-refractivity contribution in [3.63, 3.8) is 0 Å². The third-order valence-electron chi connectivity index (χ3n) is 4.52. The van der Waals surface area contributed by atoms with E-state index in [0.29, 0.717) is 24.3 Å². The summed E-state index contributed by atoms with van der Waals surface area (Å²) in [5.41, 5.74) is 0.613. The third kappa shape index (κ3) is 4.39. The Labute approximate surface area is 147 Å². The summed E-state index contributed by atoms with van der Waals surface area (Å²) in [6.07, 6.45) is 1.09. The summed E-state index contributed by atoms with van der Waals surface area (Å²) in [7, 11) is -3.12. The normalized spacial score (nSPS) is 20.2. The van der Waals surface area contributed by atoms with E-state index in [1.165, 1.54) is 0 Å². The highest BCUT2D eigenvalue weighted by Gasteiger charge is 2.37. The zero-order valence-corrected chi connectivity index (χ0v) is 15.8. The van der Waals surface area contributed by atoms with E-state index in [2.05, 4.69) is 5.16 Å². The first-order valence-corrected chi connectivity index (χ1v) is 10.1. The molecule has 0 N–H and O–H groups in total. The molecule has 0 bridgehead atoms. The Hall–Kier alpha value is -1.90. The average Bonchev–Trinajstić information content (AvgIpc) is 3.06. The number of hydrogen-bond donors (Lipinski definition) is 0. The minimum atomic E-state index is -3.12. The lowest BCUT2D eigenvalue weighted by atomic mass is 10.1. The molecule has 1 saturated heterocycles. The first kappa shape index (κ1) is 19.4. The van der Waals surface area contributed by atoms with Gasteiger partial charge in [-0.15, -0.1) is 0 Å². The zero-order chi connectivity index (χ0) is 18.8. The molecular weight excluding hydrogens is 348 g/mol. The van der Waals surface area contributed by atoms with Crippen molar-refractivity contribution in [1.29, 1.82) is 0 Å². The number of aromatic nitrogens is 1. The fraction of sp³-hybridized carbons (Fsp3) is 0.688. The van der Waals surface area contributed by atoms with Gasteiger partial charge in [-0.3, -0.25) is 4.79 Å². The molecule has 0 spiro atoms. The smallest absolute Gasteiger partial charge is 0.344 e. The van der Waals surface area contributed by atoms with Crippen LogP contribution in [0, 0.1) is 13.8 Å². The largest absolute Gasteiger partial charge is 0.452 e. The van der Waals surface area contributed by atoms with E-state index in [-0.39, 0.29) is 29.2 Å². The number of sulfone groups is 1. The first-order chi connectivity index (χ1) is 11.7. The van der Waals surface area contributed by atoms with Crippen molar-refractivity contribution in [1.82, 2.24) is 10.1 Å². The summed E-state index contributed by atoms with van der Waals surface area (Å²) >= 11 is 0. The molecular formula is C16H24N2O6S. The van der Waals surface area contributed by atoms with Gasteiger partial charge in [0.25, 0.3) is 5.91 Å². The van der Waals surface area contributed by atoms with E-state index in [1.54, 1.807) is 18.7 Å². The molecule has 1 aromatic rings. The van der Waals surface area contributed by atoms with Crippen LogP contribution in [0.3, 0.4) is 0 Å². The van der Waals surface area contributed by atoms with Crippen molar-refractivity contribution in [2.45, 2.75) is 52.6 Å². The number of carbonyl (C=O) groups is 2. The van der Waals surface area contributed by atoms with Gasteiger partial charge in [0.2, 0.25) is 0 Å². The van der Waals surface area contributed by atoms with E-state index in [1.807, 2.05) is 13.8 Å². The summed E-state index contributed by atoms with van der Waals surface area (Å²) in [6, 6.07) is -0.506. The second-order valence-electron chi connectivity index (χ2n) is 6.39. The van der Waals surface area contributed by atoms with Crippen LogP contribution < -0.4 is 0 Å². The van der Waals surface area contributed by atoms with Crippen molar-refractivity contribution in [2.75, 3.05) is 18.1 Å². The van der Waals surface area contributed by atoms with Crippen LogP contribution in [-0.4, -0.2) is 60.5 Å². The minimum Gasteiger partial charge on any atom is -0.452 e. The molecule has 2 rings (SSSR count). The van der Waals surface area contributed by atoms with Crippen molar-refractivity contribution in [3.05, 3.63) is 17.0 Å². The molecule has 140 valence electrons. The second-order valence-corrected chi connectivity index (χ2v) is 8.62. The number of ether oxygens (including phenoxy) is 1. The van der Waals surface area contributed by atoms with Gasteiger partial charge in [0, 0.05) is 12.1 Å². The molecule has 2 heterocycles. The summed E-state index contributed by atoms with van der Waals surface area (Å²) < 4.78 is 33.5. The Kier molecular flexibility index (Phi) is 5.87. The highest BCUT2D eigenvalue weighted by atomic mass is 32.2. The quantitative estimate of drug-likeness (QED) is 0.692. The Morgan fingerprint density at radius 2 is 2.08 bits per heavy atom. The fourth-order valence-corrected chi connectivity index (χ4v) is 4.76. The van der Waals surface area contributed by atoms with Gasteiger partial charge in [-0.2, -0.15) is 0 Å². The molecule has 0 unspecified atom stereocenters. The van der Waals surface area contributed by atoms with Gasteiger partial charge in [-0.05, 0) is 33.6 Å². The van der Waals surface area contributed by atoms with Gasteiger partial charge >= 0.3 is 5.97 Å². The summed E-state index contributed by atoms with van der Waals surface area (Å²) in [5, 5.41) is 3.68. The van der Waals surface area contributed by atoms with Crippen LogP contribution in [0.2, 0.25) is 0 Å². The first-order valence-electron chi connectivity index (χ1n) is 8.27. The van der Waals surface area contributed by atoms with Crippen molar-refractivity contribution in [3.8, 4) is 0 Å². The maximum Gasteiger partial charge on any atom is 0.344 e. The molecule has 0 aliphatic carbocycles. The molecule has 2 atom stereocenters. The summed E-state index contributed by atoms with van der Waals surface area (Å²) in [6.45, 7) is 6.55. The van der Waals surface area contributed by atoms with Crippen LogP contribution in [0.5, 0.6) is 0 Å². The van der Waals surface area contributed by atoms with Gasteiger partial charge in [-0.1, -0.05) is 12.1 Å². The molecule has 0 radical (unpaired) electrons. The maximum absolute atomic E-state index is 12.6. The monoisotopic (exact) mass is 372 g/mol. The Balaban J connectivity index is 2.06. The highest BCUT2D eigenvalue weighted by molar-refractivity contribution is 7.91. The van der Waals surface area contributed by atoms with Crippen LogP contribution in [0.4, 0.5) is 0 Å². The van der Waals surface area contributed by atoms with E-state index in [0.717, 1.165) is 0 Å². The minimum absolute atomic E-state index is 0.0408. The van der Waals surface area contributed by atoms with Gasteiger partial charge in [-0.25, -0.2) is 13.2 Å². The van der Waals surface area contributed by atoms with Gasteiger partial charge < -0.3 is 14.2 Å². The van der Waals surface area contributed by atoms with Crippen LogP contribution in [0.15, 0.2) is 4.52 Å². The summed E-state index contributed by atoms with van der Waals surface area (Å²) in [4.78, 5) is 26.3. The SMILES string of the molecule is CC[C@@H](C)N(C(=O)COC(=O)c1c(C)noc1C)[C@H]1CCS(=O)(=O)C1. The molecule has 1 aromatic heterocycles. The lowest BCUT2D eigenvalue weighted by molar-refractivity contribution is -0.138. The molecule has 8 nitrogen and oxygen atoms in total. The molecule has 1 aliphatic heterocycles. The summed E-state index contributed by atoms with van der Waals surface area (Å²) in [5.74, 6) is -0.697. The molecule has 0 aromatic carbocycles. The van der Waals surface area contributed by atoms with E-state index in [9.17, 15) is 18.0 Å². The van der Waals surface area contributed by atoms with Crippen molar-refractivity contribution < 1.29 is 27.3 Å². The van der Waals surface area contributed by atoms with E-state index in [4.69, 9.17) is 9.26 Å². The standard InChI is InChI=1S/C16H24N2O6S/c1-5-10(2)18(13-6-7-25(21,22)9-13)14(19)8-23-16(20)15-11(3)17-24-12(15)4/h10,13H,5-9H2,1-4H3/t10-,13+/m1/s1. The van der Waals surface area contributed by atoms with E-state index < -0.39 is 28.3 Å². The number of rotatable bonds is 6. The lowest BCUT2D eigenvalue weighted by Gasteiger charge is -2.33. The maximum atomic E-state index is 12.6. The number of nitrogens with zero attached hydrogens (tertiary/aromatic N) is 2. The topological polar surface area (TPSA) is 107 Å². The fourth-order valence-electron chi connectivity index (χ4n) is 3.05. The molecule has 1 amide bonds. The number of amides is 1. The molecule has 25 heavy (non-hydrogen) atoms. The van der Waals surface area contributed by atoms with Crippen LogP contribution in [0.25, 0.3) is 0 Å². The molecule has 1 fully saturated rings.